The summed E-state index contributed by atoms with van der Waals surface area (Å²) in [5.74, 6) is -0.0901. The molecule has 0 N–H and O–H groups in total. The smallest absolute Gasteiger partial charge is 0.289 e. The average molecular weight is 365 g/mol. The molecule has 0 aromatic heterocycles. The van der Waals surface area contributed by atoms with Gasteiger partial charge in [-0.05, 0) is 44.0 Å². The molecule has 27 heavy (non-hydrogen) atoms. The van der Waals surface area contributed by atoms with Crippen molar-refractivity contribution in [1.82, 2.24) is 5.01 Å². The third kappa shape index (κ3) is 3.75. The van der Waals surface area contributed by atoms with Crippen LogP contribution in [-0.2, 0) is 9.59 Å². The number of nitrogens with zero attached hydrogens (tertiary/aromatic N) is 3. The summed E-state index contributed by atoms with van der Waals surface area (Å²) in [6, 6.07) is 14.8. The first kappa shape index (κ1) is 18.8. The van der Waals surface area contributed by atoms with Gasteiger partial charge in [-0.15, -0.1) is 0 Å². The van der Waals surface area contributed by atoms with Gasteiger partial charge in [0.1, 0.15) is 11.5 Å². The molecule has 0 radical (unpaired) electrons. The Bertz CT molecular complexity index is 873. The molecule has 1 atom stereocenters. The number of hydrogen-bond donors (Lipinski definition) is 0. The van der Waals surface area contributed by atoms with Crippen molar-refractivity contribution < 1.29 is 14.3 Å². The molecule has 0 spiro atoms. The molecule has 0 aliphatic carbocycles. The Hall–Kier alpha value is -2.99. The van der Waals surface area contributed by atoms with E-state index in [1.54, 1.807) is 12.1 Å². The standard InChI is InChI=1S/C21H23N3O3/c1-14-9-8-10-15(2)20(14)27-13-18(25)22-19-16(3)23(4)24(21(19)26)17-11-6-5-7-12-17/h5-12,16H,13H2,1-4H3. The van der Waals surface area contributed by atoms with E-state index in [-0.39, 0.29) is 24.3 Å². The van der Waals surface area contributed by atoms with E-state index < -0.39 is 5.91 Å². The van der Waals surface area contributed by atoms with Crippen LogP contribution in [0.5, 0.6) is 5.75 Å². The molecule has 3 rings (SSSR count). The molecule has 0 saturated carbocycles. The van der Waals surface area contributed by atoms with Crippen LogP contribution in [0.2, 0.25) is 0 Å². The van der Waals surface area contributed by atoms with Crippen molar-refractivity contribution in [3.63, 3.8) is 0 Å². The van der Waals surface area contributed by atoms with Crippen LogP contribution >= 0.6 is 0 Å². The molecule has 140 valence electrons. The van der Waals surface area contributed by atoms with Gasteiger partial charge < -0.3 is 4.74 Å². The van der Waals surface area contributed by atoms with E-state index in [4.69, 9.17) is 4.74 Å². The third-order valence-corrected chi connectivity index (χ3v) is 4.68. The fourth-order valence-electron chi connectivity index (χ4n) is 3.12. The maximum atomic E-state index is 12.8. The highest BCUT2D eigenvalue weighted by atomic mass is 16.5. The molecule has 0 bridgehead atoms. The van der Waals surface area contributed by atoms with E-state index in [1.165, 1.54) is 5.01 Å². The molecular formula is C21H23N3O3. The Kier molecular flexibility index (Phi) is 5.37. The largest absolute Gasteiger partial charge is 0.483 e. The first-order chi connectivity index (χ1) is 12.9. The minimum Gasteiger partial charge on any atom is -0.483 e. The van der Waals surface area contributed by atoms with Crippen molar-refractivity contribution in [1.29, 1.82) is 0 Å². The summed E-state index contributed by atoms with van der Waals surface area (Å²) in [5.41, 5.74) is 2.87. The number of benzene rings is 2. The molecule has 1 unspecified atom stereocenters. The van der Waals surface area contributed by atoms with Gasteiger partial charge in [-0.2, -0.15) is 0 Å². The predicted molar refractivity (Wildman–Crippen MR) is 105 cm³/mol. The monoisotopic (exact) mass is 365 g/mol. The van der Waals surface area contributed by atoms with Crippen molar-refractivity contribution in [2.75, 3.05) is 18.7 Å². The van der Waals surface area contributed by atoms with Gasteiger partial charge in [0.2, 0.25) is 0 Å². The molecule has 2 amide bonds. The molecule has 1 saturated heterocycles. The Labute approximate surface area is 159 Å². The van der Waals surface area contributed by atoms with Crippen LogP contribution in [0.3, 0.4) is 0 Å². The number of aryl methyl sites for hydroxylation is 2. The normalized spacial score (nSPS) is 19.0. The van der Waals surface area contributed by atoms with E-state index >= 15 is 0 Å². The van der Waals surface area contributed by atoms with Gasteiger partial charge in [0.25, 0.3) is 11.8 Å². The number of aliphatic imine (C=N–C) groups is 1. The molecule has 6 nitrogen and oxygen atoms in total. The van der Waals surface area contributed by atoms with Crippen LogP contribution in [0.1, 0.15) is 18.1 Å². The summed E-state index contributed by atoms with van der Waals surface area (Å²) in [5, 5.41) is 3.30. The first-order valence-corrected chi connectivity index (χ1v) is 8.83. The topological polar surface area (TPSA) is 62.2 Å². The highest BCUT2D eigenvalue weighted by molar-refractivity contribution is 6.48. The predicted octanol–water partition coefficient (Wildman–Crippen LogP) is 2.93. The summed E-state index contributed by atoms with van der Waals surface area (Å²) in [7, 11) is 1.80. The highest BCUT2D eigenvalue weighted by Gasteiger charge is 2.40. The number of carbonyl (C=O) groups excluding carboxylic acids is 2. The number of carbonyl (C=O) groups is 2. The van der Waals surface area contributed by atoms with E-state index in [0.29, 0.717) is 5.75 Å². The Morgan fingerprint density at radius 2 is 1.70 bits per heavy atom. The zero-order chi connectivity index (χ0) is 19.6. The van der Waals surface area contributed by atoms with Gasteiger partial charge in [-0.1, -0.05) is 36.4 Å². The fraction of sp³-hybridized carbons (Fsp3) is 0.286. The number of amides is 2. The number of anilines is 1. The summed E-state index contributed by atoms with van der Waals surface area (Å²) >= 11 is 0. The maximum Gasteiger partial charge on any atom is 0.289 e. The van der Waals surface area contributed by atoms with Gasteiger partial charge in [0.05, 0.1) is 11.7 Å². The Morgan fingerprint density at radius 3 is 2.33 bits per heavy atom. The van der Waals surface area contributed by atoms with Crippen molar-refractivity contribution in [2.24, 2.45) is 4.99 Å². The maximum absolute atomic E-state index is 12.8. The van der Waals surface area contributed by atoms with Gasteiger partial charge in [-0.3, -0.25) is 9.59 Å². The first-order valence-electron chi connectivity index (χ1n) is 8.83. The van der Waals surface area contributed by atoms with Crippen molar-refractivity contribution in [3.05, 3.63) is 59.7 Å². The summed E-state index contributed by atoms with van der Waals surface area (Å²) in [4.78, 5) is 29.2. The lowest BCUT2D eigenvalue weighted by atomic mass is 10.1. The molecule has 6 heteroatoms. The van der Waals surface area contributed by atoms with Crippen LogP contribution in [0.25, 0.3) is 0 Å². The van der Waals surface area contributed by atoms with Gasteiger partial charge >= 0.3 is 0 Å². The van der Waals surface area contributed by atoms with Crippen LogP contribution in [-0.4, -0.2) is 42.2 Å². The van der Waals surface area contributed by atoms with Crippen LogP contribution in [0, 0.1) is 13.8 Å². The molecule has 1 heterocycles. The van der Waals surface area contributed by atoms with Gasteiger partial charge in [-0.25, -0.2) is 15.0 Å². The summed E-state index contributed by atoms with van der Waals surface area (Å²) in [6.07, 6.45) is 0. The van der Waals surface area contributed by atoms with Gasteiger partial charge in [0.15, 0.2) is 6.61 Å². The fourth-order valence-corrected chi connectivity index (χ4v) is 3.12. The lowest BCUT2D eigenvalue weighted by Gasteiger charge is -2.25. The number of ether oxygens (including phenoxy) is 1. The van der Waals surface area contributed by atoms with Crippen molar-refractivity contribution in [2.45, 2.75) is 26.8 Å². The number of hydrogen-bond acceptors (Lipinski definition) is 4. The van der Waals surface area contributed by atoms with E-state index in [2.05, 4.69) is 4.99 Å². The number of para-hydroxylation sites is 2. The zero-order valence-corrected chi connectivity index (χ0v) is 16.0. The van der Waals surface area contributed by atoms with Crippen LogP contribution in [0.15, 0.2) is 53.5 Å². The quantitative estimate of drug-likeness (QED) is 0.836. The van der Waals surface area contributed by atoms with E-state index in [1.807, 2.05) is 69.3 Å². The zero-order valence-electron chi connectivity index (χ0n) is 16.0. The Balaban J connectivity index is 1.76. The number of rotatable bonds is 4. The average Bonchev–Trinajstić information content (AvgIpc) is 2.85. The highest BCUT2D eigenvalue weighted by Crippen LogP contribution is 2.25. The Morgan fingerprint density at radius 1 is 1.07 bits per heavy atom. The lowest BCUT2D eigenvalue weighted by Crippen LogP contribution is -2.38. The van der Waals surface area contributed by atoms with E-state index in [0.717, 1.165) is 16.8 Å². The molecule has 1 aliphatic heterocycles. The number of hydrazine groups is 1. The molecule has 1 aliphatic rings. The second kappa shape index (κ2) is 7.72. The lowest BCUT2D eigenvalue weighted by molar-refractivity contribution is -0.120. The molecular weight excluding hydrogens is 342 g/mol. The molecule has 1 fully saturated rings. The SMILES string of the molecule is Cc1cccc(C)c1OCC(=O)N=C1C(=O)N(c2ccccc2)N(C)C1C. The van der Waals surface area contributed by atoms with Gasteiger partial charge in [0, 0.05) is 7.05 Å². The molecule has 2 aromatic carbocycles. The third-order valence-electron chi connectivity index (χ3n) is 4.68. The summed E-state index contributed by atoms with van der Waals surface area (Å²) in [6.45, 7) is 5.49. The van der Waals surface area contributed by atoms with Crippen molar-refractivity contribution in [3.8, 4) is 5.75 Å². The molecule has 2 aromatic rings. The minimum absolute atomic E-state index is 0.204. The minimum atomic E-state index is -0.476. The van der Waals surface area contributed by atoms with E-state index in [9.17, 15) is 9.59 Å². The summed E-state index contributed by atoms with van der Waals surface area (Å²) < 4.78 is 5.65. The van der Waals surface area contributed by atoms with Crippen LogP contribution in [0.4, 0.5) is 5.69 Å². The second-order valence-electron chi connectivity index (χ2n) is 6.60. The van der Waals surface area contributed by atoms with Crippen LogP contribution < -0.4 is 9.75 Å². The second-order valence-corrected chi connectivity index (χ2v) is 6.60. The van der Waals surface area contributed by atoms with Crippen molar-refractivity contribution >= 4 is 23.2 Å².